The monoisotopic (exact) mass is 400 g/mol. The molecule has 4 rings (SSSR count). The second-order valence-electron chi connectivity index (χ2n) is 7.10. The molecule has 0 saturated heterocycles. The number of carbonyl (C=O) groups is 1. The summed E-state index contributed by atoms with van der Waals surface area (Å²) in [5.41, 5.74) is 4.53. The molecule has 0 radical (unpaired) electrons. The molecule has 4 heteroatoms. The average Bonchev–Trinajstić information content (AvgIpc) is 3.20. The molecular formula is C25H24N2OS. The standard InChI is InChI=1S/C25H24N2OS/c1-2-19-13-15-22-23(17-19)29-25(26-22)27(18-21-11-7-4-8-12-21)24(28)16-14-20-9-5-3-6-10-20/h3-13,15,17H,2,14,16,18H2,1H3. The highest BCUT2D eigenvalue weighted by molar-refractivity contribution is 7.22. The molecule has 29 heavy (non-hydrogen) atoms. The van der Waals surface area contributed by atoms with Crippen LogP contribution in [-0.2, 0) is 24.2 Å². The Bertz CT molecular complexity index is 1090. The number of rotatable bonds is 7. The molecule has 1 aromatic heterocycles. The van der Waals surface area contributed by atoms with Crippen LogP contribution in [0.4, 0.5) is 5.13 Å². The lowest BCUT2D eigenvalue weighted by Crippen LogP contribution is -2.30. The Morgan fingerprint density at radius 1 is 0.897 bits per heavy atom. The Kier molecular flexibility index (Phi) is 6.01. The fourth-order valence-corrected chi connectivity index (χ4v) is 4.40. The van der Waals surface area contributed by atoms with Crippen molar-refractivity contribution in [1.29, 1.82) is 0 Å². The van der Waals surface area contributed by atoms with E-state index in [4.69, 9.17) is 4.98 Å². The number of carbonyl (C=O) groups excluding carboxylic acids is 1. The molecule has 0 N–H and O–H groups in total. The molecule has 0 saturated carbocycles. The van der Waals surface area contributed by atoms with E-state index in [1.54, 1.807) is 11.3 Å². The van der Waals surface area contributed by atoms with Crippen LogP contribution >= 0.6 is 11.3 Å². The van der Waals surface area contributed by atoms with Crippen LogP contribution < -0.4 is 4.90 Å². The van der Waals surface area contributed by atoms with Gasteiger partial charge in [-0.15, -0.1) is 0 Å². The minimum absolute atomic E-state index is 0.104. The van der Waals surface area contributed by atoms with Gasteiger partial charge in [0.05, 0.1) is 16.8 Å². The molecule has 1 heterocycles. The van der Waals surface area contributed by atoms with Crippen molar-refractivity contribution in [3.8, 4) is 0 Å². The van der Waals surface area contributed by atoms with Crippen molar-refractivity contribution < 1.29 is 4.79 Å². The predicted octanol–water partition coefficient (Wildman–Crippen LogP) is 6.02. The summed E-state index contributed by atoms with van der Waals surface area (Å²) in [4.78, 5) is 19.8. The lowest BCUT2D eigenvalue weighted by Gasteiger charge is -2.20. The van der Waals surface area contributed by atoms with Crippen molar-refractivity contribution in [3.05, 3.63) is 95.6 Å². The topological polar surface area (TPSA) is 33.2 Å². The van der Waals surface area contributed by atoms with E-state index >= 15 is 0 Å². The number of nitrogens with zero attached hydrogens (tertiary/aromatic N) is 2. The van der Waals surface area contributed by atoms with Crippen molar-refractivity contribution in [2.45, 2.75) is 32.7 Å². The van der Waals surface area contributed by atoms with Crippen LogP contribution in [0, 0.1) is 0 Å². The fraction of sp³-hybridized carbons (Fsp3) is 0.200. The fourth-order valence-electron chi connectivity index (χ4n) is 3.35. The predicted molar refractivity (Wildman–Crippen MR) is 121 cm³/mol. The van der Waals surface area contributed by atoms with Gasteiger partial charge >= 0.3 is 0 Å². The van der Waals surface area contributed by atoms with E-state index in [0.717, 1.165) is 33.8 Å². The van der Waals surface area contributed by atoms with Crippen molar-refractivity contribution in [2.24, 2.45) is 0 Å². The van der Waals surface area contributed by atoms with Crippen LogP contribution in [-0.4, -0.2) is 10.9 Å². The largest absolute Gasteiger partial charge is 0.284 e. The zero-order chi connectivity index (χ0) is 20.1. The Balaban J connectivity index is 1.61. The normalized spacial score (nSPS) is 10.9. The van der Waals surface area contributed by atoms with Crippen LogP contribution in [0.5, 0.6) is 0 Å². The Morgan fingerprint density at radius 3 is 2.28 bits per heavy atom. The number of hydrogen-bond donors (Lipinski definition) is 0. The number of aromatic nitrogens is 1. The van der Waals surface area contributed by atoms with Gasteiger partial charge < -0.3 is 0 Å². The Hall–Kier alpha value is -2.98. The van der Waals surface area contributed by atoms with E-state index in [9.17, 15) is 4.79 Å². The summed E-state index contributed by atoms with van der Waals surface area (Å²) in [5.74, 6) is 0.104. The first-order valence-electron chi connectivity index (χ1n) is 10.0. The first-order chi connectivity index (χ1) is 14.2. The molecule has 146 valence electrons. The molecule has 0 spiro atoms. The first kappa shape index (κ1) is 19.3. The van der Waals surface area contributed by atoms with Gasteiger partial charge in [-0.2, -0.15) is 0 Å². The van der Waals surface area contributed by atoms with Gasteiger partial charge in [0.2, 0.25) is 5.91 Å². The van der Waals surface area contributed by atoms with E-state index in [1.807, 2.05) is 41.3 Å². The van der Waals surface area contributed by atoms with Crippen molar-refractivity contribution in [3.63, 3.8) is 0 Å². The van der Waals surface area contributed by atoms with Gasteiger partial charge in [-0.05, 0) is 41.7 Å². The first-order valence-corrected chi connectivity index (χ1v) is 10.8. The molecule has 0 fully saturated rings. The van der Waals surface area contributed by atoms with Crippen LogP contribution in [0.2, 0.25) is 0 Å². The zero-order valence-electron chi connectivity index (χ0n) is 16.5. The summed E-state index contributed by atoms with van der Waals surface area (Å²) in [6.07, 6.45) is 2.19. The summed E-state index contributed by atoms with van der Waals surface area (Å²) in [5, 5.41) is 0.773. The van der Waals surface area contributed by atoms with Gasteiger partial charge in [-0.1, -0.05) is 85.0 Å². The second-order valence-corrected chi connectivity index (χ2v) is 8.11. The molecule has 4 aromatic rings. The van der Waals surface area contributed by atoms with Crippen molar-refractivity contribution in [2.75, 3.05) is 4.90 Å². The smallest absolute Gasteiger partial charge is 0.229 e. The lowest BCUT2D eigenvalue weighted by molar-refractivity contribution is -0.118. The summed E-state index contributed by atoms with van der Waals surface area (Å²) in [6, 6.07) is 26.6. The molecule has 0 atom stereocenters. The summed E-state index contributed by atoms with van der Waals surface area (Å²) < 4.78 is 1.13. The van der Waals surface area contributed by atoms with Crippen LogP contribution in [0.15, 0.2) is 78.9 Å². The Morgan fingerprint density at radius 2 is 1.59 bits per heavy atom. The molecule has 3 nitrogen and oxygen atoms in total. The van der Waals surface area contributed by atoms with Crippen LogP contribution in [0.3, 0.4) is 0 Å². The number of benzene rings is 3. The summed E-state index contributed by atoms with van der Waals surface area (Å²) in [6.45, 7) is 2.69. The third-order valence-corrected chi connectivity index (χ3v) is 6.08. The molecule has 0 unspecified atom stereocenters. The third-order valence-electron chi connectivity index (χ3n) is 5.04. The van der Waals surface area contributed by atoms with E-state index in [-0.39, 0.29) is 5.91 Å². The second kappa shape index (κ2) is 9.01. The van der Waals surface area contributed by atoms with Crippen molar-refractivity contribution in [1.82, 2.24) is 4.98 Å². The third kappa shape index (κ3) is 4.72. The van der Waals surface area contributed by atoms with E-state index < -0.39 is 0 Å². The number of hydrogen-bond acceptors (Lipinski definition) is 3. The number of anilines is 1. The quantitative estimate of drug-likeness (QED) is 0.380. The molecule has 0 bridgehead atoms. The number of thiazole rings is 1. The summed E-state index contributed by atoms with van der Waals surface area (Å²) >= 11 is 1.60. The highest BCUT2D eigenvalue weighted by atomic mass is 32.1. The minimum Gasteiger partial charge on any atom is -0.284 e. The maximum absolute atomic E-state index is 13.2. The highest BCUT2D eigenvalue weighted by Crippen LogP contribution is 2.31. The molecule has 0 aliphatic carbocycles. The molecule has 3 aromatic carbocycles. The van der Waals surface area contributed by atoms with E-state index in [2.05, 4.69) is 49.4 Å². The Labute approximate surface area is 175 Å². The number of fused-ring (bicyclic) bond motifs is 1. The van der Waals surface area contributed by atoms with Gasteiger partial charge in [0.25, 0.3) is 0 Å². The molecule has 1 amide bonds. The van der Waals surface area contributed by atoms with Crippen LogP contribution in [0.25, 0.3) is 10.2 Å². The van der Waals surface area contributed by atoms with Gasteiger partial charge in [0.15, 0.2) is 5.13 Å². The zero-order valence-corrected chi connectivity index (χ0v) is 17.4. The molecular weight excluding hydrogens is 376 g/mol. The van der Waals surface area contributed by atoms with E-state index in [0.29, 0.717) is 13.0 Å². The lowest BCUT2D eigenvalue weighted by atomic mass is 10.1. The SMILES string of the molecule is CCc1ccc2nc(N(Cc3ccccc3)C(=O)CCc3ccccc3)sc2c1. The van der Waals surface area contributed by atoms with Crippen LogP contribution in [0.1, 0.15) is 30.0 Å². The van der Waals surface area contributed by atoms with Gasteiger partial charge in [-0.25, -0.2) is 4.98 Å². The van der Waals surface area contributed by atoms with E-state index in [1.165, 1.54) is 11.1 Å². The van der Waals surface area contributed by atoms with Gasteiger partial charge in [0, 0.05) is 6.42 Å². The van der Waals surface area contributed by atoms with Gasteiger partial charge in [-0.3, -0.25) is 9.69 Å². The minimum atomic E-state index is 0.104. The number of amides is 1. The highest BCUT2D eigenvalue weighted by Gasteiger charge is 2.20. The maximum atomic E-state index is 13.2. The van der Waals surface area contributed by atoms with Gasteiger partial charge in [0.1, 0.15) is 0 Å². The molecule has 0 aliphatic heterocycles. The maximum Gasteiger partial charge on any atom is 0.229 e. The number of aryl methyl sites for hydroxylation is 2. The average molecular weight is 401 g/mol. The summed E-state index contributed by atoms with van der Waals surface area (Å²) in [7, 11) is 0. The molecule has 0 aliphatic rings. The van der Waals surface area contributed by atoms with Crippen molar-refractivity contribution >= 4 is 32.6 Å².